The van der Waals surface area contributed by atoms with Gasteiger partial charge in [-0.15, -0.1) is 6.58 Å². The number of aliphatic hydroxyl groups is 1. The van der Waals surface area contributed by atoms with Gasteiger partial charge in [0.05, 0.1) is 30.6 Å². The number of ether oxygens (including phenoxy) is 2. The van der Waals surface area contributed by atoms with Gasteiger partial charge in [0, 0.05) is 31.0 Å². The van der Waals surface area contributed by atoms with Gasteiger partial charge in [0.15, 0.2) is 0 Å². The Hall–Kier alpha value is -3.17. The highest BCUT2D eigenvalue weighted by molar-refractivity contribution is 6.05. The molecular formula is C31H43N3O6. The smallest absolute Gasteiger partial charge is 0.312 e. The molecule has 9 heteroatoms. The normalized spacial score (nSPS) is 27.4. The van der Waals surface area contributed by atoms with Crippen LogP contribution in [0.5, 0.6) is 0 Å². The van der Waals surface area contributed by atoms with Gasteiger partial charge in [0.2, 0.25) is 5.91 Å². The summed E-state index contributed by atoms with van der Waals surface area (Å²) in [7, 11) is 0. The van der Waals surface area contributed by atoms with Crippen LogP contribution < -0.4 is 9.80 Å². The Morgan fingerprint density at radius 3 is 2.38 bits per heavy atom. The summed E-state index contributed by atoms with van der Waals surface area (Å²) in [6.07, 6.45) is 3.64. The van der Waals surface area contributed by atoms with Gasteiger partial charge >= 0.3 is 5.97 Å². The Balaban J connectivity index is 1.77. The standard InChI is InChI=1S/C31H43N3O6/c1-7-17-33(22-13-11-21(12-14-22)32(9-3)10-4)29(37)27-31-16-15-24(40-31)25(30(38)39-18-8-2)26(31)28(36)34(27)23(19-35)20(5)6/h7-8,11-14,20,23-27,35H,1-2,9-10,15-19H2,3-6H3/t23-,24+,25-,26-,27?,31?/m0/s1. The maximum Gasteiger partial charge on any atom is 0.312 e. The van der Waals surface area contributed by atoms with E-state index in [1.807, 2.05) is 38.1 Å². The number of rotatable bonds is 13. The van der Waals surface area contributed by atoms with Crippen LogP contribution in [0.15, 0.2) is 49.6 Å². The Labute approximate surface area is 237 Å². The summed E-state index contributed by atoms with van der Waals surface area (Å²) in [5.41, 5.74) is 0.544. The fourth-order valence-corrected chi connectivity index (χ4v) is 6.88. The number of hydrogen-bond donors (Lipinski definition) is 1. The van der Waals surface area contributed by atoms with E-state index in [4.69, 9.17) is 9.47 Å². The van der Waals surface area contributed by atoms with Gasteiger partial charge in [-0.3, -0.25) is 14.4 Å². The molecule has 40 heavy (non-hydrogen) atoms. The predicted octanol–water partition coefficient (Wildman–Crippen LogP) is 3.17. The number of esters is 1. The number of likely N-dealkylation sites (tertiary alicyclic amines) is 1. The molecule has 9 nitrogen and oxygen atoms in total. The molecule has 0 aliphatic carbocycles. The molecular weight excluding hydrogens is 510 g/mol. The van der Waals surface area contributed by atoms with Gasteiger partial charge in [-0.2, -0.15) is 0 Å². The van der Waals surface area contributed by atoms with Crippen LogP contribution in [0, 0.1) is 17.8 Å². The van der Waals surface area contributed by atoms with Gasteiger partial charge in [-0.1, -0.05) is 32.6 Å². The molecule has 0 saturated carbocycles. The second-order valence-electron chi connectivity index (χ2n) is 11.1. The molecule has 3 fully saturated rings. The van der Waals surface area contributed by atoms with Crippen LogP contribution in [0.3, 0.4) is 0 Å². The minimum atomic E-state index is -1.18. The zero-order valence-corrected chi connectivity index (χ0v) is 24.1. The van der Waals surface area contributed by atoms with Gasteiger partial charge < -0.3 is 29.3 Å². The van der Waals surface area contributed by atoms with Crippen molar-refractivity contribution in [1.82, 2.24) is 4.90 Å². The van der Waals surface area contributed by atoms with Crippen molar-refractivity contribution in [3.05, 3.63) is 49.6 Å². The quantitative estimate of drug-likeness (QED) is 0.296. The maximum atomic E-state index is 14.6. The van der Waals surface area contributed by atoms with Gasteiger partial charge in [0.25, 0.3) is 5.91 Å². The van der Waals surface area contributed by atoms with Crippen LogP contribution in [-0.2, 0) is 23.9 Å². The lowest BCUT2D eigenvalue weighted by atomic mass is 9.70. The molecule has 1 spiro atoms. The van der Waals surface area contributed by atoms with Crippen molar-refractivity contribution >= 4 is 29.2 Å². The van der Waals surface area contributed by atoms with E-state index in [2.05, 4.69) is 31.9 Å². The maximum absolute atomic E-state index is 14.6. The van der Waals surface area contributed by atoms with Crippen LogP contribution in [-0.4, -0.2) is 84.4 Å². The van der Waals surface area contributed by atoms with E-state index in [0.29, 0.717) is 18.5 Å². The summed E-state index contributed by atoms with van der Waals surface area (Å²) in [6.45, 7) is 17.1. The largest absolute Gasteiger partial charge is 0.461 e. The van der Waals surface area contributed by atoms with Crippen molar-refractivity contribution in [3.8, 4) is 0 Å². The van der Waals surface area contributed by atoms with E-state index >= 15 is 0 Å². The first-order chi connectivity index (χ1) is 19.2. The highest BCUT2D eigenvalue weighted by Crippen LogP contribution is 2.59. The number of carbonyl (C=O) groups excluding carboxylic acids is 3. The SMILES string of the molecule is C=CCOC(=O)[C@@H]1[C@H]2C(=O)N([C@@H](CO)C(C)C)C(C(=O)N(CC=C)c3ccc(N(CC)CC)cc3)C23CC[C@H]1O3. The summed E-state index contributed by atoms with van der Waals surface area (Å²) >= 11 is 0. The Morgan fingerprint density at radius 2 is 1.82 bits per heavy atom. The lowest BCUT2D eigenvalue weighted by Gasteiger charge is -2.40. The van der Waals surface area contributed by atoms with Crippen molar-refractivity contribution in [2.75, 3.05) is 42.6 Å². The Kier molecular flexibility index (Phi) is 9.05. The molecule has 3 heterocycles. The predicted molar refractivity (Wildman–Crippen MR) is 154 cm³/mol. The lowest BCUT2D eigenvalue weighted by Crippen LogP contribution is -2.59. The molecule has 4 rings (SSSR count). The molecule has 3 aliphatic heterocycles. The monoisotopic (exact) mass is 553 g/mol. The van der Waals surface area contributed by atoms with Crippen LogP contribution in [0.1, 0.15) is 40.5 Å². The van der Waals surface area contributed by atoms with E-state index < -0.39 is 41.6 Å². The van der Waals surface area contributed by atoms with Gasteiger partial charge in [-0.25, -0.2) is 0 Å². The molecule has 3 aliphatic rings. The molecule has 1 N–H and O–H groups in total. The van der Waals surface area contributed by atoms with Crippen molar-refractivity contribution in [1.29, 1.82) is 0 Å². The molecule has 0 radical (unpaired) electrons. The molecule has 218 valence electrons. The zero-order chi connectivity index (χ0) is 29.2. The van der Waals surface area contributed by atoms with Gasteiger partial charge in [0.1, 0.15) is 18.2 Å². The van der Waals surface area contributed by atoms with E-state index in [1.165, 1.54) is 11.0 Å². The highest BCUT2D eigenvalue weighted by atomic mass is 16.6. The topological polar surface area (TPSA) is 99.6 Å². The van der Waals surface area contributed by atoms with Crippen LogP contribution in [0.2, 0.25) is 0 Å². The first kappa shape index (κ1) is 29.8. The fourth-order valence-electron chi connectivity index (χ4n) is 6.88. The molecule has 0 aromatic heterocycles. The number of benzene rings is 1. The number of amides is 2. The minimum absolute atomic E-state index is 0.0316. The number of aliphatic hydroxyl groups excluding tert-OH is 1. The molecule has 6 atom stereocenters. The Morgan fingerprint density at radius 1 is 1.18 bits per heavy atom. The van der Waals surface area contributed by atoms with E-state index in [1.54, 1.807) is 11.0 Å². The first-order valence-electron chi connectivity index (χ1n) is 14.4. The van der Waals surface area contributed by atoms with E-state index in [0.717, 1.165) is 18.8 Å². The third-order valence-electron chi connectivity index (χ3n) is 8.77. The van der Waals surface area contributed by atoms with Crippen molar-refractivity contribution in [3.63, 3.8) is 0 Å². The Bertz CT molecular complexity index is 1120. The summed E-state index contributed by atoms with van der Waals surface area (Å²) in [5, 5.41) is 10.4. The number of nitrogens with zero attached hydrogens (tertiary/aromatic N) is 3. The number of anilines is 2. The number of hydrogen-bond acceptors (Lipinski definition) is 7. The van der Waals surface area contributed by atoms with Crippen molar-refractivity contribution in [2.45, 2.75) is 64.3 Å². The third kappa shape index (κ3) is 4.83. The van der Waals surface area contributed by atoms with E-state index in [-0.39, 0.29) is 37.5 Å². The molecule has 2 bridgehead atoms. The van der Waals surface area contributed by atoms with Crippen LogP contribution in [0.4, 0.5) is 11.4 Å². The summed E-state index contributed by atoms with van der Waals surface area (Å²) in [6, 6.07) is 6.15. The molecule has 3 saturated heterocycles. The minimum Gasteiger partial charge on any atom is -0.461 e. The van der Waals surface area contributed by atoms with Crippen LogP contribution in [0.25, 0.3) is 0 Å². The molecule has 1 aromatic rings. The second kappa shape index (κ2) is 12.1. The van der Waals surface area contributed by atoms with Crippen molar-refractivity contribution in [2.24, 2.45) is 17.8 Å². The van der Waals surface area contributed by atoms with E-state index in [9.17, 15) is 19.5 Å². The van der Waals surface area contributed by atoms with Crippen LogP contribution >= 0.6 is 0 Å². The first-order valence-corrected chi connectivity index (χ1v) is 14.4. The lowest BCUT2D eigenvalue weighted by molar-refractivity contribution is -0.155. The molecule has 2 amide bonds. The van der Waals surface area contributed by atoms with Crippen molar-refractivity contribution < 1.29 is 29.0 Å². The number of carbonyl (C=O) groups is 3. The zero-order valence-electron chi connectivity index (χ0n) is 24.1. The third-order valence-corrected chi connectivity index (χ3v) is 8.77. The number of fused-ring (bicyclic) bond motifs is 1. The summed E-state index contributed by atoms with van der Waals surface area (Å²) in [5.74, 6) is -2.98. The molecule has 2 unspecified atom stereocenters. The average molecular weight is 554 g/mol. The highest BCUT2D eigenvalue weighted by Gasteiger charge is 2.75. The van der Waals surface area contributed by atoms with Gasteiger partial charge in [-0.05, 0) is 56.9 Å². The average Bonchev–Trinajstić information content (AvgIpc) is 3.59. The summed E-state index contributed by atoms with van der Waals surface area (Å²) in [4.78, 5) is 47.3. The fraction of sp³-hybridized carbons (Fsp3) is 0.581. The summed E-state index contributed by atoms with van der Waals surface area (Å²) < 4.78 is 11.9. The molecule has 1 aromatic carbocycles. The second-order valence-corrected chi connectivity index (χ2v) is 11.1.